The molecule has 0 bridgehead atoms. The summed E-state index contributed by atoms with van der Waals surface area (Å²) < 4.78 is 77.1. The largest absolute Gasteiger partial charge is 0.455 e. The van der Waals surface area contributed by atoms with Gasteiger partial charge in [0.05, 0.1) is 0 Å². The highest BCUT2D eigenvalue weighted by atomic mass is 19.4. The van der Waals surface area contributed by atoms with Gasteiger partial charge in [-0.15, -0.1) is 0 Å². The smallest absolute Gasteiger partial charge is 0.434 e. The second-order valence-corrected chi connectivity index (χ2v) is 3.18. The van der Waals surface area contributed by atoms with Crippen LogP contribution in [0.5, 0.6) is 5.88 Å². The summed E-state index contributed by atoms with van der Waals surface area (Å²) in [6.45, 7) is 0. The van der Waals surface area contributed by atoms with Crippen LogP contribution in [0.2, 0.25) is 0 Å². The van der Waals surface area contributed by atoms with Crippen molar-refractivity contribution in [2.24, 2.45) is 5.84 Å². The van der Waals surface area contributed by atoms with Crippen LogP contribution >= 0.6 is 0 Å². The zero-order valence-electron chi connectivity index (χ0n) is 8.88. The predicted octanol–water partition coefficient (Wildman–Crippen LogP) is 1.22. The minimum absolute atomic E-state index is 0.300. The predicted molar refractivity (Wildman–Crippen MR) is 50.8 cm³/mol. The number of hydrazine groups is 1. The van der Waals surface area contributed by atoms with E-state index < -0.39 is 30.3 Å². The Balaban J connectivity index is 3.07. The van der Waals surface area contributed by atoms with Gasteiger partial charge >= 0.3 is 12.4 Å². The zero-order valence-corrected chi connectivity index (χ0v) is 8.88. The van der Waals surface area contributed by atoms with E-state index in [-0.39, 0.29) is 5.82 Å². The molecular formula is C7H7F6N5O. The molecule has 0 radical (unpaired) electrons. The van der Waals surface area contributed by atoms with Gasteiger partial charge in [-0.1, -0.05) is 0 Å². The topological polar surface area (TPSA) is 99.1 Å². The third-order valence-electron chi connectivity index (χ3n) is 1.70. The first-order chi connectivity index (χ1) is 8.54. The van der Waals surface area contributed by atoms with Crippen molar-refractivity contribution in [1.82, 2.24) is 9.97 Å². The van der Waals surface area contributed by atoms with Crippen molar-refractivity contribution in [3.63, 3.8) is 0 Å². The summed E-state index contributed by atoms with van der Waals surface area (Å²) in [7, 11) is 0. The summed E-state index contributed by atoms with van der Waals surface area (Å²) >= 11 is 0. The van der Waals surface area contributed by atoms with E-state index in [0.29, 0.717) is 6.07 Å². The van der Waals surface area contributed by atoms with E-state index in [4.69, 9.17) is 11.6 Å². The quantitative estimate of drug-likeness (QED) is 0.440. The van der Waals surface area contributed by atoms with Gasteiger partial charge in [-0.05, 0) is 0 Å². The number of nitrogen functional groups attached to an aromatic ring is 2. The number of aromatic nitrogens is 2. The van der Waals surface area contributed by atoms with Crippen molar-refractivity contribution in [3.05, 3.63) is 6.07 Å². The first kappa shape index (κ1) is 15.1. The highest BCUT2D eigenvalue weighted by Gasteiger charge is 2.59. The molecule has 0 aliphatic carbocycles. The maximum atomic E-state index is 12.2. The molecule has 0 saturated carbocycles. The van der Waals surface area contributed by atoms with Gasteiger partial charge in [-0.25, -0.2) is 5.84 Å². The Morgan fingerprint density at radius 1 is 1.11 bits per heavy atom. The summed E-state index contributed by atoms with van der Waals surface area (Å²) in [6.07, 6.45) is -15.3. The van der Waals surface area contributed by atoms with Crippen molar-refractivity contribution in [2.75, 3.05) is 11.2 Å². The molecule has 12 heteroatoms. The maximum Gasteiger partial charge on any atom is 0.434 e. The molecule has 1 rings (SSSR count). The van der Waals surface area contributed by atoms with Crippen LogP contribution in [0.25, 0.3) is 0 Å². The Bertz CT molecular complexity index is 433. The van der Waals surface area contributed by atoms with Gasteiger partial charge in [0, 0.05) is 6.07 Å². The number of anilines is 2. The van der Waals surface area contributed by atoms with Crippen molar-refractivity contribution >= 4 is 11.8 Å². The number of halogens is 6. The van der Waals surface area contributed by atoms with E-state index in [1.54, 1.807) is 0 Å². The first-order valence-corrected chi connectivity index (χ1v) is 4.45. The molecule has 0 fully saturated rings. The molecule has 0 aliphatic rings. The lowest BCUT2D eigenvalue weighted by Crippen LogP contribution is -2.46. The summed E-state index contributed by atoms with van der Waals surface area (Å²) in [5.41, 5.74) is 6.95. The van der Waals surface area contributed by atoms with Crippen LogP contribution < -0.4 is 21.7 Å². The molecule has 0 spiro atoms. The third-order valence-corrected chi connectivity index (χ3v) is 1.70. The monoisotopic (exact) mass is 291 g/mol. The van der Waals surface area contributed by atoms with Gasteiger partial charge in [0.25, 0.3) is 6.10 Å². The maximum absolute atomic E-state index is 12.2. The Labute approximate surface area is 101 Å². The fraction of sp³-hybridized carbons (Fsp3) is 0.429. The van der Waals surface area contributed by atoms with E-state index in [0.717, 1.165) is 0 Å². The second kappa shape index (κ2) is 4.95. The molecule has 1 aromatic heterocycles. The van der Waals surface area contributed by atoms with Gasteiger partial charge in [0.15, 0.2) is 0 Å². The molecule has 5 N–H and O–H groups in total. The van der Waals surface area contributed by atoms with E-state index in [1.165, 1.54) is 0 Å². The summed E-state index contributed by atoms with van der Waals surface area (Å²) in [5, 5.41) is 0. The molecule has 6 nitrogen and oxygen atoms in total. The molecule has 19 heavy (non-hydrogen) atoms. The Hall–Kier alpha value is -1.98. The molecular weight excluding hydrogens is 284 g/mol. The molecule has 108 valence electrons. The van der Waals surface area contributed by atoms with E-state index in [9.17, 15) is 26.3 Å². The molecule has 0 aromatic carbocycles. The zero-order chi connectivity index (χ0) is 14.8. The summed E-state index contributed by atoms with van der Waals surface area (Å²) in [5.74, 6) is 2.98. The Kier molecular flexibility index (Phi) is 3.93. The van der Waals surface area contributed by atoms with E-state index in [2.05, 4.69) is 14.7 Å². The number of hydrogen-bond donors (Lipinski definition) is 3. The van der Waals surface area contributed by atoms with Crippen molar-refractivity contribution in [2.45, 2.75) is 18.5 Å². The molecule has 0 atom stereocenters. The van der Waals surface area contributed by atoms with E-state index >= 15 is 0 Å². The normalized spacial score (nSPS) is 12.6. The molecule has 1 aromatic rings. The Morgan fingerprint density at radius 3 is 2.05 bits per heavy atom. The number of nitrogens with two attached hydrogens (primary N) is 2. The number of nitrogens with one attached hydrogen (secondary N) is 1. The minimum Gasteiger partial charge on any atom is -0.455 e. The lowest BCUT2D eigenvalue weighted by atomic mass is 10.3. The molecule has 0 saturated heterocycles. The van der Waals surface area contributed by atoms with Gasteiger partial charge in [0.2, 0.25) is 11.8 Å². The van der Waals surface area contributed by atoms with Crippen molar-refractivity contribution in [1.29, 1.82) is 0 Å². The van der Waals surface area contributed by atoms with Crippen molar-refractivity contribution in [3.8, 4) is 5.88 Å². The average molecular weight is 291 g/mol. The van der Waals surface area contributed by atoms with Crippen LogP contribution in [0, 0.1) is 0 Å². The highest BCUT2D eigenvalue weighted by Crippen LogP contribution is 2.36. The van der Waals surface area contributed by atoms with Gasteiger partial charge in [0.1, 0.15) is 5.82 Å². The van der Waals surface area contributed by atoms with Crippen molar-refractivity contribution < 1.29 is 31.1 Å². The fourth-order valence-electron chi connectivity index (χ4n) is 1.02. The number of ether oxygens (including phenoxy) is 1. The average Bonchev–Trinajstić information content (AvgIpc) is 2.22. The van der Waals surface area contributed by atoms with Crippen LogP contribution in [-0.2, 0) is 0 Å². The standard InChI is InChI=1S/C7H7F6N5O/c8-6(9,10)4(7(11,12)13)19-3-1-2(18-15)16-5(14)17-3/h1,4H,15H2,(H3,14,16,17,18). The molecule has 1 heterocycles. The lowest BCUT2D eigenvalue weighted by Gasteiger charge is -2.23. The van der Waals surface area contributed by atoms with Crippen LogP contribution in [0.1, 0.15) is 0 Å². The number of rotatable bonds is 3. The van der Waals surface area contributed by atoms with Crippen LogP contribution in [0.15, 0.2) is 6.07 Å². The highest BCUT2D eigenvalue weighted by molar-refractivity contribution is 5.41. The summed E-state index contributed by atoms with van der Waals surface area (Å²) in [6, 6.07) is 0.640. The SMILES string of the molecule is NNc1cc(OC(C(F)(F)F)C(F)(F)F)nc(N)n1. The molecule has 0 aliphatic heterocycles. The lowest BCUT2D eigenvalue weighted by molar-refractivity contribution is -0.300. The van der Waals surface area contributed by atoms with E-state index in [1.807, 2.05) is 5.43 Å². The summed E-state index contributed by atoms with van der Waals surface area (Å²) in [4.78, 5) is 6.47. The van der Waals surface area contributed by atoms with Gasteiger partial charge < -0.3 is 15.9 Å². The number of hydrogen-bond acceptors (Lipinski definition) is 6. The van der Waals surface area contributed by atoms with Gasteiger partial charge in [-0.3, -0.25) is 0 Å². The second-order valence-electron chi connectivity index (χ2n) is 3.18. The molecule has 0 unspecified atom stereocenters. The number of alkyl halides is 6. The third kappa shape index (κ3) is 4.01. The fourth-order valence-corrected chi connectivity index (χ4v) is 1.02. The van der Waals surface area contributed by atoms with Gasteiger partial charge in [-0.2, -0.15) is 36.3 Å². The van der Waals surface area contributed by atoms with Crippen LogP contribution in [0.3, 0.4) is 0 Å². The number of nitrogens with zero attached hydrogens (tertiary/aromatic N) is 2. The first-order valence-electron chi connectivity index (χ1n) is 4.45. The minimum atomic E-state index is -5.66. The van der Waals surface area contributed by atoms with Crippen LogP contribution in [0.4, 0.5) is 38.1 Å². The Morgan fingerprint density at radius 2 is 1.63 bits per heavy atom. The van der Waals surface area contributed by atoms with Crippen LogP contribution in [-0.4, -0.2) is 28.4 Å². The molecule has 0 amide bonds.